The van der Waals surface area contributed by atoms with Crippen LogP contribution >= 0.6 is 0 Å². The molecule has 0 aromatic carbocycles. The van der Waals surface area contributed by atoms with Crippen molar-refractivity contribution in [3.05, 3.63) is 12.7 Å². The van der Waals surface area contributed by atoms with Gasteiger partial charge in [-0.2, -0.15) is 0 Å². The van der Waals surface area contributed by atoms with Crippen molar-refractivity contribution < 1.29 is 17.0 Å². The van der Waals surface area contributed by atoms with Gasteiger partial charge < -0.3 is 17.0 Å². The minimum Gasteiger partial charge on any atom is -1.00 e. The Bertz CT molecular complexity index is 103. The zero-order valence-electron chi connectivity index (χ0n) is 6.48. The van der Waals surface area contributed by atoms with Gasteiger partial charge in [-0.25, -0.2) is 0 Å². The molecule has 2 heteroatoms. The van der Waals surface area contributed by atoms with Crippen LogP contribution in [0.3, 0.4) is 0 Å². The average Bonchev–Trinajstić information content (AvgIpc) is 2.18. The van der Waals surface area contributed by atoms with Crippen molar-refractivity contribution in [1.29, 1.82) is 0 Å². The van der Waals surface area contributed by atoms with Crippen LogP contribution in [0.1, 0.15) is 19.8 Å². The van der Waals surface area contributed by atoms with Gasteiger partial charge in [0.15, 0.2) is 0 Å². The second kappa shape index (κ2) is 5.63. The van der Waals surface area contributed by atoms with Crippen LogP contribution in [0, 0.1) is 0 Å². The topological polar surface area (TPSA) is 0 Å². The zero-order valence-corrected chi connectivity index (χ0v) is 10.4. The molecule has 0 nitrogen and oxygen atoms in total. The van der Waals surface area contributed by atoms with Crippen LogP contribution in [0.25, 0.3) is 0 Å². The monoisotopic (exact) mass is 320 g/mol. The first-order valence-corrected chi connectivity index (χ1v) is 8.26. The number of hydrogen-bond donors (Lipinski definition) is 0. The van der Waals surface area contributed by atoms with Crippen LogP contribution in [-0.2, 0) is 0 Å². The Morgan fingerprint density at radius 1 is 1.70 bits per heavy atom. The molecule has 10 heavy (non-hydrogen) atoms. The molecule has 0 aromatic heterocycles. The fourth-order valence-electron chi connectivity index (χ4n) is 1.32. The number of allylic oxidation sites excluding steroid dienone is 1. The summed E-state index contributed by atoms with van der Waals surface area (Å²) < 4.78 is 4.15. The smallest absolute Gasteiger partial charge is 1.00 e. The molecular formula is C8H15BrTe. The Morgan fingerprint density at radius 2 is 2.40 bits per heavy atom. The molecule has 0 bridgehead atoms. The fourth-order valence-corrected chi connectivity index (χ4v) is 7.71. The van der Waals surface area contributed by atoms with Crippen LogP contribution in [0.5, 0.6) is 0 Å². The molecule has 0 saturated carbocycles. The van der Waals surface area contributed by atoms with Crippen LogP contribution in [0.4, 0.5) is 0 Å². The summed E-state index contributed by atoms with van der Waals surface area (Å²) in [5.41, 5.74) is 0. The van der Waals surface area contributed by atoms with Gasteiger partial charge in [-0.3, -0.25) is 0 Å². The molecular weight excluding hydrogens is 304 g/mol. The van der Waals surface area contributed by atoms with Crippen LogP contribution < -0.4 is 17.0 Å². The van der Waals surface area contributed by atoms with Crippen LogP contribution in [-0.4, -0.2) is 19.6 Å². The summed E-state index contributed by atoms with van der Waals surface area (Å²) in [6, 6.07) is 0. The SMILES string of the molecule is C=CC[Te+]1CCCC1C.[Br-]. The summed E-state index contributed by atoms with van der Waals surface area (Å²) in [7, 11) is 0. The van der Waals surface area contributed by atoms with Gasteiger partial charge in [0.25, 0.3) is 0 Å². The summed E-state index contributed by atoms with van der Waals surface area (Å²) in [5, 5.41) is 0. The number of rotatable bonds is 2. The zero-order chi connectivity index (χ0) is 6.69. The maximum Gasteiger partial charge on any atom is -1.00 e. The van der Waals surface area contributed by atoms with E-state index in [4.69, 9.17) is 0 Å². The first-order chi connectivity index (χ1) is 4.34. The third kappa shape index (κ3) is 2.94. The number of hydrogen-bond acceptors (Lipinski definition) is 0. The molecule has 1 atom stereocenters. The van der Waals surface area contributed by atoms with E-state index < -0.39 is 19.6 Å². The standard InChI is InChI=1S/C8H15Te.BrH/c1-3-6-9-7-4-5-8(9)2;/h3,8H,1,4-7H2,2H3;1H/q+1;/p-1. The molecule has 1 saturated heterocycles. The molecule has 0 spiro atoms. The molecule has 1 unspecified atom stereocenters. The van der Waals surface area contributed by atoms with Crippen molar-refractivity contribution in [2.75, 3.05) is 0 Å². The van der Waals surface area contributed by atoms with E-state index in [-0.39, 0.29) is 17.0 Å². The molecule has 60 valence electrons. The van der Waals surface area contributed by atoms with Gasteiger partial charge in [-0.05, 0) is 0 Å². The van der Waals surface area contributed by atoms with Crippen molar-refractivity contribution in [3.8, 4) is 0 Å². The van der Waals surface area contributed by atoms with Gasteiger partial charge in [-0.15, -0.1) is 0 Å². The maximum absolute atomic E-state index is 3.80. The molecule has 1 rings (SSSR count). The van der Waals surface area contributed by atoms with Crippen molar-refractivity contribution in [2.45, 2.75) is 32.7 Å². The van der Waals surface area contributed by atoms with E-state index in [1.807, 2.05) is 0 Å². The summed E-state index contributed by atoms with van der Waals surface area (Å²) in [6.45, 7) is 6.24. The van der Waals surface area contributed by atoms with Crippen molar-refractivity contribution in [2.24, 2.45) is 0 Å². The second-order valence-electron chi connectivity index (χ2n) is 2.65. The van der Waals surface area contributed by atoms with Gasteiger partial charge in [0, 0.05) is 0 Å². The van der Waals surface area contributed by atoms with Crippen molar-refractivity contribution >= 4 is 19.6 Å². The molecule has 0 aliphatic carbocycles. The van der Waals surface area contributed by atoms with Crippen molar-refractivity contribution in [1.82, 2.24) is 0 Å². The Labute approximate surface area is 81.5 Å². The predicted molar refractivity (Wildman–Crippen MR) is 44.2 cm³/mol. The first-order valence-electron chi connectivity index (χ1n) is 3.62. The predicted octanol–water partition coefficient (Wildman–Crippen LogP) is -0.145. The third-order valence-corrected chi connectivity index (χ3v) is 10.1. The molecule has 0 N–H and O–H groups in total. The molecule has 1 aliphatic heterocycles. The summed E-state index contributed by atoms with van der Waals surface area (Å²) in [5.74, 6) is 0. The normalized spacial score (nSPS) is 25.9. The van der Waals surface area contributed by atoms with Gasteiger partial charge >= 0.3 is 64.9 Å². The molecule has 0 aromatic rings. The third-order valence-electron chi connectivity index (χ3n) is 1.92. The molecule has 1 aliphatic rings. The van der Waals surface area contributed by atoms with E-state index in [1.165, 1.54) is 17.3 Å². The largest absolute Gasteiger partial charge is 1.00 e. The Kier molecular flexibility index (Phi) is 6.20. The van der Waals surface area contributed by atoms with Crippen LogP contribution in [0.2, 0.25) is 12.9 Å². The van der Waals surface area contributed by atoms with E-state index in [9.17, 15) is 0 Å². The maximum atomic E-state index is 3.80. The molecule has 1 fully saturated rings. The quantitative estimate of drug-likeness (QED) is 0.491. The summed E-state index contributed by atoms with van der Waals surface area (Å²) >= 11 is -0.574. The van der Waals surface area contributed by atoms with Crippen LogP contribution in [0.15, 0.2) is 12.7 Å². The van der Waals surface area contributed by atoms with E-state index in [1.54, 1.807) is 4.47 Å². The summed E-state index contributed by atoms with van der Waals surface area (Å²) in [6.07, 6.45) is 5.18. The minimum atomic E-state index is -0.574. The van der Waals surface area contributed by atoms with Gasteiger partial charge in [0.05, 0.1) is 0 Å². The van der Waals surface area contributed by atoms with Crippen molar-refractivity contribution in [3.63, 3.8) is 0 Å². The number of halogens is 1. The molecule has 0 radical (unpaired) electrons. The minimum absolute atomic E-state index is 0. The van der Waals surface area contributed by atoms with Gasteiger partial charge in [-0.1, -0.05) is 0 Å². The summed E-state index contributed by atoms with van der Waals surface area (Å²) in [4.78, 5) is 0. The second-order valence-corrected chi connectivity index (χ2v) is 10.1. The molecule has 1 heterocycles. The Morgan fingerprint density at radius 3 is 2.80 bits per heavy atom. The van der Waals surface area contributed by atoms with E-state index >= 15 is 0 Å². The van der Waals surface area contributed by atoms with E-state index in [0.717, 1.165) is 3.97 Å². The molecule has 0 amide bonds. The van der Waals surface area contributed by atoms with Gasteiger partial charge in [0.2, 0.25) is 0 Å². The van der Waals surface area contributed by atoms with Gasteiger partial charge in [0.1, 0.15) is 0 Å². The average molecular weight is 319 g/mol. The Hall–Kier alpha value is 1.01. The van der Waals surface area contributed by atoms with E-state index in [2.05, 4.69) is 19.6 Å². The first kappa shape index (κ1) is 11.0. The van der Waals surface area contributed by atoms with E-state index in [0.29, 0.717) is 0 Å². The fraction of sp³-hybridized carbons (Fsp3) is 0.750. The Balaban J connectivity index is 0.000000810.